The number of benzene rings is 1. The number of hydrogen-bond acceptors (Lipinski definition) is 4. The van der Waals surface area contributed by atoms with Gasteiger partial charge < -0.3 is 11.5 Å². The van der Waals surface area contributed by atoms with Crippen molar-refractivity contribution in [3.8, 4) is 0 Å². The molecule has 6 heteroatoms. The molecule has 1 heterocycles. The summed E-state index contributed by atoms with van der Waals surface area (Å²) in [6, 6.07) is 11.1. The van der Waals surface area contributed by atoms with E-state index in [2.05, 4.69) is 9.97 Å². The van der Waals surface area contributed by atoms with Crippen LogP contribution < -0.4 is 11.5 Å². The summed E-state index contributed by atoms with van der Waals surface area (Å²) in [4.78, 5) is 31.5. The Bertz CT molecular complexity index is 634. The minimum Gasteiger partial charge on any atom is -0.370 e. The summed E-state index contributed by atoms with van der Waals surface area (Å²) < 4.78 is 0. The van der Waals surface area contributed by atoms with Crippen LogP contribution in [0.4, 0.5) is 0 Å². The molecule has 126 valence electrons. The first-order chi connectivity index (χ1) is 11.6. The molecule has 0 radical (unpaired) electrons. The molecular formula is C18H22N4O2. The van der Waals surface area contributed by atoms with E-state index >= 15 is 0 Å². The molecule has 2 rings (SSSR count). The van der Waals surface area contributed by atoms with Crippen molar-refractivity contribution in [3.05, 3.63) is 60.2 Å². The zero-order chi connectivity index (χ0) is 17.4. The lowest BCUT2D eigenvalue weighted by Crippen LogP contribution is -2.43. The van der Waals surface area contributed by atoms with Crippen molar-refractivity contribution in [3.63, 3.8) is 0 Å². The summed E-state index contributed by atoms with van der Waals surface area (Å²) in [6.07, 6.45) is 6.11. The minimum atomic E-state index is -1.00. The third-order valence-corrected chi connectivity index (χ3v) is 4.18. The standard InChI is InChI=1S/C18H22N4O2/c19-16(23)9-5-2-6-11-18(17(20)24,14-7-3-1-4-8-14)15-10-12-21-13-22-15/h1,3-4,7-8,10,12-13H,2,5-6,9,11H2,(H2,19,23)(H2,20,24). The first-order valence-electron chi connectivity index (χ1n) is 7.97. The van der Waals surface area contributed by atoms with Crippen LogP contribution in [0.2, 0.25) is 0 Å². The quantitative estimate of drug-likeness (QED) is 0.683. The Morgan fingerprint density at radius 3 is 2.33 bits per heavy atom. The Kier molecular flexibility index (Phi) is 6.01. The van der Waals surface area contributed by atoms with E-state index in [-0.39, 0.29) is 5.91 Å². The highest BCUT2D eigenvalue weighted by atomic mass is 16.1. The predicted octanol–water partition coefficient (Wildman–Crippen LogP) is 1.68. The van der Waals surface area contributed by atoms with Crippen LogP contribution in [0, 0.1) is 0 Å². The molecule has 0 aliphatic rings. The number of nitrogens with zero attached hydrogens (tertiary/aromatic N) is 2. The Morgan fingerprint density at radius 1 is 1.00 bits per heavy atom. The van der Waals surface area contributed by atoms with Gasteiger partial charge in [-0.15, -0.1) is 0 Å². The van der Waals surface area contributed by atoms with E-state index < -0.39 is 11.3 Å². The second-order valence-electron chi connectivity index (χ2n) is 5.76. The molecular weight excluding hydrogens is 304 g/mol. The van der Waals surface area contributed by atoms with Gasteiger partial charge in [0.25, 0.3) is 0 Å². The van der Waals surface area contributed by atoms with E-state index in [9.17, 15) is 9.59 Å². The molecule has 1 unspecified atom stereocenters. The number of primary amides is 2. The third kappa shape index (κ3) is 3.95. The second-order valence-corrected chi connectivity index (χ2v) is 5.76. The maximum atomic E-state index is 12.5. The predicted molar refractivity (Wildman–Crippen MR) is 90.7 cm³/mol. The average Bonchev–Trinajstić information content (AvgIpc) is 2.59. The highest BCUT2D eigenvalue weighted by Crippen LogP contribution is 2.36. The summed E-state index contributed by atoms with van der Waals surface area (Å²) in [6.45, 7) is 0. The van der Waals surface area contributed by atoms with Crippen molar-refractivity contribution < 1.29 is 9.59 Å². The van der Waals surface area contributed by atoms with Crippen LogP contribution in [0.15, 0.2) is 48.9 Å². The number of amides is 2. The van der Waals surface area contributed by atoms with Crippen molar-refractivity contribution in [2.45, 2.75) is 37.5 Å². The Balaban J connectivity index is 2.30. The summed E-state index contributed by atoms with van der Waals surface area (Å²) in [5.74, 6) is -0.752. The Hall–Kier alpha value is -2.76. The highest BCUT2D eigenvalue weighted by molar-refractivity contribution is 5.90. The van der Waals surface area contributed by atoms with Gasteiger partial charge in [-0.3, -0.25) is 9.59 Å². The van der Waals surface area contributed by atoms with E-state index in [1.165, 1.54) is 6.33 Å². The van der Waals surface area contributed by atoms with Gasteiger partial charge in [0.2, 0.25) is 11.8 Å². The maximum absolute atomic E-state index is 12.5. The molecule has 1 atom stereocenters. The summed E-state index contributed by atoms with van der Waals surface area (Å²) in [5, 5.41) is 0. The molecule has 0 saturated carbocycles. The van der Waals surface area contributed by atoms with Crippen molar-refractivity contribution in [1.82, 2.24) is 9.97 Å². The van der Waals surface area contributed by atoms with Gasteiger partial charge in [0.05, 0.1) is 5.69 Å². The van der Waals surface area contributed by atoms with Crippen LogP contribution in [0.1, 0.15) is 43.4 Å². The first kappa shape index (κ1) is 17.6. The fourth-order valence-corrected chi connectivity index (χ4v) is 2.94. The fourth-order valence-electron chi connectivity index (χ4n) is 2.94. The summed E-state index contributed by atoms with van der Waals surface area (Å²) >= 11 is 0. The van der Waals surface area contributed by atoms with Gasteiger partial charge in [-0.2, -0.15) is 0 Å². The molecule has 1 aromatic carbocycles. The van der Waals surface area contributed by atoms with Crippen LogP contribution >= 0.6 is 0 Å². The molecule has 24 heavy (non-hydrogen) atoms. The molecule has 4 N–H and O–H groups in total. The molecule has 0 fully saturated rings. The van der Waals surface area contributed by atoms with Crippen LogP contribution in [-0.2, 0) is 15.0 Å². The van der Waals surface area contributed by atoms with E-state index in [1.807, 2.05) is 30.3 Å². The summed E-state index contributed by atoms with van der Waals surface area (Å²) in [5.41, 5.74) is 11.4. The molecule has 0 bridgehead atoms. The number of unbranched alkanes of at least 4 members (excludes halogenated alkanes) is 2. The van der Waals surface area contributed by atoms with Crippen LogP contribution in [0.25, 0.3) is 0 Å². The van der Waals surface area contributed by atoms with Crippen molar-refractivity contribution >= 4 is 11.8 Å². The maximum Gasteiger partial charge on any atom is 0.234 e. The normalized spacial score (nSPS) is 13.2. The zero-order valence-corrected chi connectivity index (χ0v) is 13.5. The summed E-state index contributed by atoms with van der Waals surface area (Å²) in [7, 11) is 0. The molecule has 0 aliphatic heterocycles. The zero-order valence-electron chi connectivity index (χ0n) is 13.5. The first-order valence-corrected chi connectivity index (χ1v) is 7.97. The lowest BCUT2D eigenvalue weighted by Gasteiger charge is -2.30. The Labute approximate surface area is 141 Å². The molecule has 6 nitrogen and oxygen atoms in total. The number of hydrogen-bond donors (Lipinski definition) is 2. The van der Waals surface area contributed by atoms with Crippen LogP contribution in [-0.4, -0.2) is 21.8 Å². The Morgan fingerprint density at radius 2 is 1.75 bits per heavy atom. The highest BCUT2D eigenvalue weighted by Gasteiger charge is 2.41. The van der Waals surface area contributed by atoms with Gasteiger partial charge in [-0.1, -0.05) is 43.2 Å². The van der Waals surface area contributed by atoms with Crippen molar-refractivity contribution in [1.29, 1.82) is 0 Å². The second kappa shape index (κ2) is 8.19. The van der Waals surface area contributed by atoms with Crippen LogP contribution in [0.3, 0.4) is 0 Å². The van der Waals surface area contributed by atoms with E-state index in [0.29, 0.717) is 25.0 Å². The SMILES string of the molecule is NC(=O)CCCCCC(C(N)=O)(c1ccccc1)c1ccncn1. The van der Waals surface area contributed by atoms with Gasteiger partial charge in [0.1, 0.15) is 11.7 Å². The molecule has 0 aliphatic carbocycles. The number of nitrogens with two attached hydrogens (primary N) is 2. The topological polar surface area (TPSA) is 112 Å². The van der Waals surface area contributed by atoms with Gasteiger partial charge in [-0.25, -0.2) is 9.97 Å². The molecule has 1 aromatic heterocycles. The number of rotatable bonds is 9. The largest absolute Gasteiger partial charge is 0.370 e. The van der Waals surface area contributed by atoms with E-state index in [1.54, 1.807) is 12.3 Å². The number of carbonyl (C=O) groups excluding carboxylic acids is 2. The van der Waals surface area contributed by atoms with Gasteiger partial charge in [-0.05, 0) is 24.5 Å². The molecule has 2 amide bonds. The molecule has 0 saturated heterocycles. The third-order valence-electron chi connectivity index (χ3n) is 4.18. The lowest BCUT2D eigenvalue weighted by atomic mass is 9.72. The van der Waals surface area contributed by atoms with E-state index in [0.717, 1.165) is 18.4 Å². The van der Waals surface area contributed by atoms with E-state index in [4.69, 9.17) is 11.5 Å². The minimum absolute atomic E-state index is 0.310. The van der Waals surface area contributed by atoms with Crippen LogP contribution in [0.5, 0.6) is 0 Å². The van der Waals surface area contributed by atoms with Gasteiger partial charge in [0, 0.05) is 12.6 Å². The number of aromatic nitrogens is 2. The molecule has 0 spiro atoms. The fraction of sp³-hybridized carbons (Fsp3) is 0.333. The monoisotopic (exact) mass is 326 g/mol. The number of carbonyl (C=O) groups is 2. The smallest absolute Gasteiger partial charge is 0.234 e. The van der Waals surface area contributed by atoms with Crippen molar-refractivity contribution in [2.75, 3.05) is 0 Å². The van der Waals surface area contributed by atoms with Gasteiger partial charge in [0.15, 0.2) is 0 Å². The average molecular weight is 326 g/mol. The molecule has 2 aromatic rings. The van der Waals surface area contributed by atoms with Gasteiger partial charge >= 0.3 is 0 Å². The lowest BCUT2D eigenvalue weighted by molar-refractivity contribution is -0.122. The van der Waals surface area contributed by atoms with Crippen molar-refractivity contribution in [2.24, 2.45) is 11.5 Å².